The third-order valence-corrected chi connectivity index (χ3v) is 4.10. The van der Waals surface area contributed by atoms with E-state index in [-0.39, 0.29) is 11.9 Å². The van der Waals surface area contributed by atoms with Crippen LogP contribution >= 0.6 is 0 Å². The molecule has 1 unspecified atom stereocenters. The van der Waals surface area contributed by atoms with Crippen LogP contribution in [0.2, 0.25) is 0 Å². The topological polar surface area (TPSA) is 35.6 Å². The van der Waals surface area contributed by atoms with Crippen LogP contribution in [-0.4, -0.2) is 61.5 Å². The molecule has 1 rings (SSSR count). The van der Waals surface area contributed by atoms with E-state index in [4.69, 9.17) is 0 Å². The van der Waals surface area contributed by atoms with Gasteiger partial charge < -0.3 is 10.2 Å². The molecule has 1 aliphatic rings. The van der Waals surface area contributed by atoms with E-state index in [1.165, 1.54) is 12.8 Å². The third kappa shape index (κ3) is 4.25. The van der Waals surface area contributed by atoms with Crippen LogP contribution < -0.4 is 5.32 Å². The number of rotatable bonds is 6. The lowest BCUT2D eigenvalue weighted by molar-refractivity contribution is -0.135. The second kappa shape index (κ2) is 7.74. The monoisotopic (exact) mass is 255 g/mol. The van der Waals surface area contributed by atoms with E-state index in [2.05, 4.69) is 17.3 Å². The number of carbonyl (C=O) groups is 1. The number of piperidine rings is 1. The molecule has 1 atom stereocenters. The Labute approximate surface area is 112 Å². The van der Waals surface area contributed by atoms with Crippen LogP contribution in [0.3, 0.4) is 0 Å². The Morgan fingerprint density at radius 3 is 2.33 bits per heavy atom. The van der Waals surface area contributed by atoms with Gasteiger partial charge in [-0.3, -0.25) is 9.69 Å². The second-order valence-corrected chi connectivity index (χ2v) is 5.32. The summed E-state index contributed by atoms with van der Waals surface area (Å²) >= 11 is 0. The highest BCUT2D eigenvalue weighted by molar-refractivity contribution is 5.81. The van der Waals surface area contributed by atoms with E-state index in [9.17, 15) is 4.79 Å². The molecule has 0 aliphatic carbocycles. The van der Waals surface area contributed by atoms with Gasteiger partial charge in [0.2, 0.25) is 5.91 Å². The summed E-state index contributed by atoms with van der Waals surface area (Å²) in [6.07, 6.45) is 2.47. The molecule has 1 fully saturated rings. The van der Waals surface area contributed by atoms with E-state index in [0.717, 1.165) is 38.6 Å². The Balaban J connectivity index is 2.43. The van der Waals surface area contributed by atoms with Gasteiger partial charge in [-0.1, -0.05) is 0 Å². The summed E-state index contributed by atoms with van der Waals surface area (Å²) in [5.41, 5.74) is 0. The Morgan fingerprint density at radius 2 is 1.83 bits per heavy atom. The average Bonchev–Trinajstić information content (AvgIpc) is 2.40. The van der Waals surface area contributed by atoms with Gasteiger partial charge in [-0.05, 0) is 59.7 Å². The van der Waals surface area contributed by atoms with Gasteiger partial charge >= 0.3 is 0 Å². The minimum absolute atomic E-state index is 0.000198. The average molecular weight is 255 g/mol. The summed E-state index contributed by atoms with van der Waals surface area (Å²) in [6, 6.07) is -0.000198. The quantitative estimate of drug-likeness (QED) is 0.774. The molecule has 0 bridgehead atoms. The molecule has 1 saturated heterocycles. The van der Waals surface area contributed by atoms with E-state index in [0.29, 0.717) is 0 Å². The molecule has 0 saturated carbocycles. The van der Waals surface area contributed by atoms with Crippen molar-refractivity contribution in [2.75, 3.05) is 39.8 Å². The number of likely N-dealkylation sites (N-methyl/N-ethyl adjacent to an activating group) is 2. The SMILES string of the molecule is CCN(CC)C(=O)C(C)N(C)CC1CCNCC1. The molecule has 1 N–H and O–H groups in total. The molecule has 4 nitrogen and oxygen atoms in total. The van der Waals surface area contributed by atoms with E-state index >= 15 is 0 Å². The van der Waals surface area contributed by atoms with Crippen molar-refractivity contribution in [3.8, 4) is 0 Å². The summed E-state index contributed by atoms with van der Waals surface area (Å²) in [7, 11) is 2.08. The first-order chi connectivity index (χ1) is 8.60. The van der Waals surface area contributed by atoms with Crippen molar-refractivity contribution in [1.82, 2.24) is 15.1 Å². The maximum atomic E-state index is 12.3. The number of amides is 1. The summed E-state index contributed by atoms with van der Waals surface area (Å²) in [5, 5.41) is 3.38. The molecule has 106 valence electrons. The Morgan fingerprint density at radius 1 is 1.28 bits per heavy atom. The maximum absolute atomic E-state index is 12.3. The lowest BCUT2D eigenvalue weighted by atomic mass is 9.97. The number of hydrogen-bond donors (Lipinski definition) is 1. The Hall–Kier alpha value is -0.610. The molecule has 18 heavy (non-hydrogen) atoms. The molecule has 1 aliphatic heterocycles. The highest BCUT2D eigenvalue weighted by atomic mass is 16.2. The molecule has 1 heterocycles. The molecule has 0 aromatic heterocycles. The van der Waals surface area contributed by atoms with Gasteiger partial charge in [0.05, 0.1) is 6.04 Å². The van der Waals surface area contributed by atoms with Crippen molar-refractivity contribution in [2.24, 2.45) is 5.92 Å². The normalized spacial score (nSPS) is 18.9. The van der Waals surface area contributed by atoms with Crippen LogP contribution in [0, 0.1) is 5.92 Å². The minimum Gasteiger partial charge on any atom is -0.342 e. The van der Waals surface area contributed by atoms with Crippen molar-refractivity contribution in [2.45, 2.75) is 39.7 Å². The van der Waals surface area contributed by atoms with Crippen molar-refractivity contribution in [3.63, 3.8) is 0 Å². The van der Waals surface area contributed by atoms with Crippen LogP contribution in [0.4, 0.5) is 0 Å². The van der Waals surface area contributed by atoms with Gasteiger partial charge in [-0.25, -0.2) is 0 Å². The van der Waals surface area contributed by atoms with E-state index in [1.807, 2.05) is 25.7 Å². The highest BCUT2D eigenvalue weighted by Crippen LogP contribution is 2.14. The Bertz CT molecular complexity index is 247. The van der Waals surface area contributed by atoms with Gasteiger partial charge in [-0.2, -0.15) is 0 Å². The number of nitrogens with one attached hydrogen (secondary N) is 1. The molecule has 0 radical (unpaired) electrons. The predicted octanol–water partition coefficient (Wildman–Crippen LogP) is 1.17. The molecule has 4 heteroatoms. The number of carbonyl (C=O) groups excluding carboxylic acids is 1. The number of hydrogen-bond acceptors (Lipinski definition) is 3. The van der Waals surface area contributed by atoms with Gasteiger partial charge in [0.25, 0.3) is 0 Å². The summed E-state index contributed by atoms with van der Waals surface area (Å²) in [4.78, 5) is 16.4. The van der Waals surface area contributed by atoms with Crippen LogP contribution in [0.15, 0.2) is 0 Å². The first-order valence-corrected chi connectivity index (χ1v) is 7.29. The fourth-order valence-electron chi connectivity index (χ4n) is 2.62. The lowest BCUT2D eigenvalue weighted by Gasteiger charge is -2.33. The van der Waals surface area contributed by atoms with Gasteiger partial charge in [0.15, 0.2) is 0 Å². The van der Waals surface area contributed by atoms with Gasteiger partial charge in [0, 0.05) is 19.6 Å². The fraction of sp³-hybridized carbons (Fsp3) is 0.929. The summed E-state index contributed by atoms with van der Waals surface area (Å²) in [6.45, 7) is 11.0. The van der Waals surface area contributed by atoms with Gasteiger partial charge in [-0.15, -0.1) is 0 Å². The van der Waals surface area contributed by atoms with E-state index in [1.54, 1.807) is 0 Å². The van der Waals surface area contributed by atoms with Gasteiger partial charge in [0.1, 0.15) is 0 Å². The molecular weight excluding hydrogens is 226 g/mol. The summed E-state index contributed by atoms with van der Waals surface area (Å²) < 4.78 is 0. The van der Waals surface area contributed by atoms with E-state index < -0.39 is 0 Å². The van der Waals surface area contributed by atoms with Crippen molar-refractivity contribution >= 4 is 5.91 Å². The zero-order valence-electron chi connectivity index (χ0n) is 12.4. The van der Waals surface area contributed by atoms with Crippen LogP contribution in [0.25, 0.3) is 0 Å². The predicted molar refractivity (Wildman–Crippen MR) is 75.6 cm³/mol. The minimum atomic E-state index is -0.000198. The van der Waals surface area contributed by atoms with Crippen LogP contribution in [-0.2, 0) is 4.79 Å². The van der Waals surface area contributed by atoms with Crippen molar-refractivity contribution < 1.29 is 4.79 Å². The molecule has 0 aromatic carbocycles. The van der Waals surface area contributed by atoms with Crippen LogP contribution in [0.1, 0.15) is 33.6 Å². The van der Waals surface area contributed by atoms with Crippen molar-refractivity contribution in [1.29, 1.82) is 0 Å². The first-order valence-electron chi connectivity index (χ1n) is 7.29. The highest BCUT2D eigenvalue weighted by Gasteiger charge is 2.24. The van der Waals surface area contributed by atoms with Crippen LogP contribution in [0.5, 0.6) is 0 Å². The first kappa shape index (κ1) is 15.4. The second-order valence-electron chi connectivity index (χ2n) is 5.32. The molecular formula is C14H29N3O. The maximum Gasteiger partial charge on any atom is 0.239 e. The molecule has 0 aromatic rings. The zero-order chi connectivity index (χ0) is 13.5. The molecule has 0 spiro atoms. The smallest absolute Gasteiger partial charge is 0.239 e. The fourth-order valence-corrected chi connectivity index (χ4v) is 2.62. The standard InChI is InChI=1S/C14H29N3O/c1-5-17(6-2)14(18)12(3)16(4)11-13-7-9-15-10-8-13/h12-13,15H,5-11H2,1-4H3. The Kier molecular flexibility index (Phi) is 6.65. The third-order valence-electron chi connectivity index (χ3n) is 4.10. The lowest BCUT2D eigenvalue weighted by Crippen LogP contribution is -2.47. The molecule has 1 amide bonds. The largest absolute Gasteiger partial charge is 0.342 e. The zero-order valence-corrected chi connectivity index (χ0v) is 12.4. The van der Waals surface area contributed by atoms with Crippen molar-refractivity contribution in [3.05, 3.63) is 0 Å². The summed E-state index contributed by atoms with van der Waals surface area (Å²) in [5.74, 6) is 1.000. The number of nitrogens with zero attached hydrogens (tertiary/aromatic N) is 2.